The van der Waals surface area contributed by atoms with Crippen molar-refractivity contribution in [1.82, 2.24) is 10.2 Å². The average molecular weight is 521 g/mol. The molecule has 0 aliphatic heterocycles. The van der Waals surface area contributed by atoms with Crippen molar-refractivity contribution in [2.24, 2.45) is 0 Å². The fraction of sp³-hybridized carbons (Fsp3) is 0.355. The highest BCUT2D eigenvalue weighted by Crippen LogP contribution is 2.22. The third-order valence-corrected chi connectivity index (χ3v) is 6.76. The fourth-order valence-corrected chi connectivity index (χ4v) is 4.19. The number of halogens is 1. The monoisotopic (exact) mass is 520 g/mol. The molecule has 2 atom stereocenters. The second-order valence-corrected chi connectivity index (χ2v) is 9.81. The van der Waals surface area contributed by atoms with E-state index in [2.05, 4.69) is 5.32 Å². The zero-order valence-corrected chi connectivity index (χ0v) is 22.7. The average Bonchev–Trinajstić information content (AvgIpc) is 2.91. The molecule has 0 bridgehead atoms. The molecule has 6 heteroatoms. The molecule has 3 rings (SSSR count). The lowest BCUT2D eigenvalue weighted by atomic mass is 10.0. The topological polar surface area (TPSA) is 58.6 Å². The van der Waals surface area contributed by atoms with Gasteiger partial charge in [-0.3, -0.25) is 9.59 Å². The number of nitrogens with zero attached hydrogens (tertiary/aromatic N) is 1. The molecule has 0 radical (unpaired) electrons. The number of rotatable bonds is 13. The van der Waals surface area contributed by atoms with Crippen LogP contribution in [-0.2, 0) is 22.6 Å². The van der Waals surface area contributed by atoms with Crippen molar-refractivity contribution < 1.29 is 14.3 Å². The van der Waals surface area contributed by atoms with Gasteiger partial charge < -0.3 is 15.0 Å². The smallest absolute Gasteiger partial charge is 0.243 e. The van der Waals surface area contributed by atoms with Crippen molar-refractivity contribution >= 4 is 23.4 Å². The second kappa shape index (κ2) is 14.4. The summed E-state index contributed by atoms with van der Waals surface area (Å²) in [6.45, 7) is 6.69. The Labute approximate surface area is 225 Å². The van der Waals surface area contributed by atoms with Crippen molar-refractivity contribution in [3.63, 3.8) is 0 Å². The van der Waals surface area contributed by atoms with E-state index >= 15 is 0 Å². The fourth-order valence-electron chi connectivity index (χ4n) is 4.00. The van der Waals surface area contributed by atoms with Crippen LogP contribution in [0.3, 0.4) is 0 Å². The molecule has 2 amide bonds. The van der Waals surface area contributed by atoms with Crippen molar-refractivity contribution in [1.29, 1.82) is 0 Å². The van der Waals surface area contributed by atoms with Gasteiger partial charge in [0, 0.05) is 30.5 Å². The zero-order valence-electron chi connectivity index (χ0n) is 22.0. The normalized spacial score (nSPS) is 12.4. The molecule has 0 aliphatic carbocycles. The first-order chi connectivity index (χ1) is 17.9. The first-order valence-corrected chi connectivity index (χ1v) is 13.3. The first-order valence-electron chi connectivity index (χ1n) is 12.9. The van der Waals surface area contributed by atoms with Crippen molar-refractivity contribution in [3.8, 4) is 5.75 Å². The summed E-state index contributed by atoms with van der Waals surface area (Å²) in [7, 11) is 0. The maximum Gasteiger partial charge on any atom is 0.243 e. The van der Waals surface area contributed by atoms with Crippen LogP contribution in [-0.4, -0.2) is 35.4 Å². The number of carbonyl (C=O) groups is 2. The summed E-state index contributed by atoms with van der Waals surface area (Å²) < 4.78 is 5.83. The van der Waals surface area contributed by atoms with Gasteiger partial charge in [0.05, 0.1) is 6.61 Å². The third-order valence-electron chi connectivity index (χ3n) is 6.40. The minimum atomic E-state index is -0.668. The van der Waals surface area contributed by atoms with Crippen LogP contribution in [0.1, 0.15) is 49.8 Å². The number of ether oxygens (including phenoxy) is 1. The first kappa shape index (κ1) is 28.3. The van der Waals surface area contributed by atoms with Gasteiger partial charge in [-0.15, -0.1) is 0 Å². The van der Waals surface area contributed by atoms with Gasteiger partial charge in [-0.2, -0.15) is 0 Å². The molecular formula is C31H37ClN2O3. The summed E-state index contributed by atoms with van der Waals surface area (Å²) in [6.07, 6.45) is 2.02. The number of carbonyl (C=O) groups excluding carboxylic acids is 2. The van der Waals surface area contributed by atoms with E-state index in [9.17, 15) is 9.59 Å². The van der Waals surface area contributed by atoms with Crippen molar-refractivity contribution in [3.05, 3.63) is 101 Å². The molecule has 196 valence electrons. The van der Waals surface area contributed by atoms with Gasteiger partial charge in [-0.25, -0.2) is 0 Å². The SMILES string of the molecule is CC[C@@H](C)NC(=O)[C@@H](Cc1ccccc1)N(Cc1ccccc1Cl)C(=O)CCCOc1ccc(C)cc1. The summed E-state index contributed by atoms with van der Waals surface area (Å²) >= 11 is 6.47. The molecule has 3 aromatic carbocycles. The summed E-state index contributed by atoms with van der Waals surface area (Å²) in [5, 5.41) is 3.66. The van der Waals surface area contributed by atoms with Gasteiger partial charge in [0.1, 0.15) is 11.8 Å². The minimum absolute atomic E-state index is 0.00551. The molecule has 1 N–H and O–H groups in total. The Morgan fingerprint density at radius 2 is 1.65 bits per heavy atom. The van der Waals surface area contributed by atoms with Gasteiger partial charge in [-0.05, 0) is 56.0 Å². The largest absolute Gasteiger partial charge is 0.494 e. The van der Waals surface area contributed by atoms with E-state index < -0.39 is 6.04 Å². The Balaban J connectivity index is 1.80. The molecule has 0 spiro atoms. The molecule has 0 heterocycles. The van der Waals surface area contributed by atoms with E-state index in [1.807, 2.05) is 93.6 Å². The van der Waals surface area contributed by atoms with Crippen LogP contribution in [0.15, 0.2) is 78.9 Å². The molecule has 0 aromatic heterocycles. The molecule has 0 saturated carbocycles. The van der Waals surface area contributed by atoms with Crippen molar-refractivity contribution in [2.45, 2.75) is 65.1 Å². The second-order valence-electron chi connectivity index (χ2n) is 9.40. The predicted octanol–water partition coefficient (Wildman–Crippen LogP) is 6.36. The Morgan fingerprint density at radius 3 is 2.32 bits per heavy atom. The summed E-state index contributed by atoms with van der Waals surface area (Å²) in [6, 6.07) is 24.4. The number of nitrogens with one attached hydrogen (secondary N) is 1. The maximum absolute atomic E-state index is 13.7. The molecule has 0 aliphatic rings. The van der Waals surface area contributed by atoms with Crippen molar-refractivity contribution in [2.75, 3.05) is 6.61 Å². The Bertz CT molecular complexity index is 1130. The van der Waals surface area contributed by atoms with Crippen LogP contribution in [0.25, 0.3) is 0 Å². The van der Waals surface area contributed by atoms with E-state index in [4.69, 9.17) is 16.3 Å². The molecule has 37 heavy (non-hydrogen) atoms. The van der Waals surface area contributed by atoms with Crippen LogP contribution >= 0.6 is 11.6 Å². The number of amides is 2. The maximum atomic E-state index is 13.7. The minimum Gasteiger partial charge on any atom is -0.494 e. The van der Waals surface area contributed by atoms with Gasteiger partial charge in [0.25, 0.3) is 0 Å². The quantitative estimate of drug-likeness (QED) is 0.267. The molecule has 0 fully saturated rings. The number of hydrogen-bond donors (Lipinski definition) is 1. The summed E-state index contributed by atoms with van der Waals surface area (Å²) in [5.74, 6) is 0.517. The summed E-state index contributed by atoms with van der Waals surface area (Å²) in [5.41, 5.74) is 2.96. The summed E-state index contributed by atoms with van der Waals surface area (Å²) in [4.78, 5) is 28.8. The molecule has 3 aromatic rings. The van der Waals surface area contributed by atoms with Crippen LogP contribution in [0.4, 0.5) is 0 Å². The van der Waals surface area contributed by atoms with Gasteiger partial charge in [-0.1, -0.05) is 84.8 Å². The molecule has 0 saturated heterocycles. The molecular weight excluding hydrogens is 484 g/mol. The van der Waals surface area contributed by atoms with E-state index in [1.54, 1.807) is 11.0 Å². The van der Waals surface area contributed by atoms with Crippen LogP contribution in [0, 0.1) is 6.92 Å². The van der Waals surface area contributed by atoms with Gasteiger partial charge in [0.15, 0.2) is 0 Å². The van der Waals surface area contributed by atoms with E-state index in [1.165, 1.54) is 0 Å². The van der Waals surface area contributed by atoms with Crippen LogP contribution in [0.5, 0.6) is 5.75 Å². The number of benzene rings is 3. The standard InChI is InChI=1S/C31H37ClN2O3/c1-4-24(3)33-31(36)29(21-25-11-6-5-7-12-25)34(22-26-13-8-9-14-28(26)32)30(35)15-10-20-37-27-18-16-23(2)17-19-27/h5-9,11-14,16-19,24,29H,4,10,15,20-22H2,1-3H3,(H,33,36)/t24-,29-/m1/s1. The lowest BCUT2D eigenvalue weighted by Crippen LogP contribution is -2.52. The zero-order chi connectivity index (χ0) is 26.6. The Kier molecular flexibility index (Phi) is 11.0. The Hall–Kier alpha value is -3.31. The molecule has 5 nitrogen and oxygen atoms in total. The number of aryl methyl sites for hydroxylation is 1. The van der Waals surface area contributed by atoms with E-state index in [-0.39, 0.29) is 30.8 Å². The highest BCUT2D eigenvalue weighted by Gasteiger charge is 2.31. The van der Waals surface area contributed by atoms with Gasteiger partial charge in [0.2, 0.25) is 11.8 Å². The van der Waals surface area contributed by atoms with Crippen LogP contribution in [0.2, 0.25) is 5.02 Å². The predicted molar refractivity (Wildman–Crippen MR) is 150 cm³/mol. The highest BCUT2D eigenvalue weighted by atomic mass is 35.5. The molecule has 0 unspecified atom stereocenters. The lowest BCUT2D eigenvalue weighted by molar-refractivity contribution is -0.141. The van der Waals surface area contributed by atoms with E-state index in [0.29, 0.717) is 24.5 Å². The Morgan fingerprint density at radius 1 is 0.973 bits per heavy atom. The van der Waals surface area contributed by atoms with Gasteiger partial charge >= 0.3 is 0 Å². The van der Waals surface area contributed by atoms with Crippen LogP contribution < -0.4 is 10.1 Å². The number of hydrogen-bond acceptors (Lipinski definition) is 3. The van der Waals surface area contributed by atoms with E-state index in [0.717, 1.165) is 28.9 Å². The lowest BCUT2D eigenvalue weighted by Gasteiger charge is -2.32. The highest BCUT2D eigenvalue weighted by molar-refractivity contribution is 6.31. The third kappa shape index (κ3) is 8.94.